The van der Waals surface area contributed by atoms with Gasteiger partial charge in [-0.15, -0.1) is 4.40 Å². The normalized spacial score (nSPS) is 21.7. The number of hydrogen-bond donors (Lipinski definition) is 0. The molecule has 4 nitrogen and oxygen atoms in total. The number of halogens is 1. The molecule has 1 aromatic carbocycles. The molecule has 2 heterocycles. The first-order valence-corrected chi connectivity index (χ1v) is 9.38. The maximum absolute atomic E-state index is 12.5. The predicted octanol–water partition coefficient (Wildman–Crippen LogP) is 3.69. The Bertz CT molecular complexity index is 745. The largest absolute Gasteiger partial charge is 0.356 e. The van der Waals surface area contributed by atoms with Gasteiger partial charge in [-0.1, -0.05) is 36.6 Å². The molecule has 1 aromatic rings. The van der Waals surface area contributed by atoms with Crippen molar-refractivity contribution in [2.75, 3.05) is 13.1 Å². The molecule has 0 radical (unpaired) electrons. The Morgan fingerprint density at radius 1 is 1.14 bits per heavy atom. The predicted molar refractivity (Wildman–Crippen MR) is 90.4 cm³/mol. The Morgan fingerprint density at radius 2 is 1.82 bits per heavy atom. The summed E-state index contributed by atoms with van der Waals surface area (Å²) in [5.41, 5.74) is 1.34. The molecule has 0 atom stereocenters. The van der Waals surface area contributed by atoms with Crippen LogP contribution in [0.2, 0.25) is 5.02 Å². The summed E-state index contributed by atoms with van der Waals surface area (Å²) in [7, 11) is -3.65. The topological polar surface area (TPSA) is 49.7 Å². The molecule has 0 spiro atoms. The van der Waals surface area contributed by atoms with E-state index in [1.807, 2.05) is 6.92 Å². The van der Waals surface area contributed by atoms with E-state index in [0.717, 1.165) is 31.5 Å². The maximum atomic E-state index is 12.5. The van der Waals surface area contributed by atoms with Crippen LogP contribution in [0.25, 0.3) is 4.91 Å². The molecular weight excluding hydrogens is 320 g/mol. The fourth-order valence-corrected chi connectivity index (χ4v) is 4.76. The average molecular weight is 339 g/mol. The standard InChI is InChI=1S/C16H19ClN2O2S/c1-12-15(13-7-6-8-14(17)11-13)22(20,21)18-16(12)19-9-4-2-3-5-10-19/h6-8,11H,2-5,9-10H2,1H3. The SMILES string of the molecule is CC1=C(c2cccc(Cl)c2)S(=O)(=O)N=C1N1CCCCCC1. The van der Waals surface area contributed by atoms with E-state index in [-0.39, 0.29) is 4.91 Å². The summed E-state index contributed by atoms with van der Waals surface area (Å²) in [5, 5.41) is 0.524. The Morgan fingerprint density at radius 3 is 2.45 bits per heavy atom. The second-order valence-corrected chi connectivity index (χ2v) is 7.73. The van der Waals surface area contributed by atoms with Crippen LogP contribution in [0, 0.1) is 0 Å². The summed E-state index contributed by atoms with van der Waals surface area (Å²) < 4.78 is 29.1. The summed E-state index contributed by atoms with van der Waals surface area (Å²) >= 11 is 6.01. The van der Waals surface area contributed by atoms with E-state index < -0.39 is 10.0 Å². The Balaban J connectivity index is 2.03. The zero-order valence-electron chi connectivity index (χ0n) is 12.5. The summed E-state index contributed by atoms with van der Waals surface area (Å²) in [5.74, 6) is 0.608. The van der Waals surface area contributed by atoms with Crippen LogP contribution >= 0.6 is 11.6 Å². The van der Waals surface area contributed by atoms with E-state index in [4.69, 9.17) is 11.6 Å². The summed E-state index contributed by atoms with van der Waals surface area (Å²) in [4.78, 5) is 2.39. The summed E-state index contributed by atoms with van der Waals surface area (Å²) in [6.07, 6.45) is 4.55. The van der Waals surface area contributed by atoms with Crippen molar-refractivity contribution in [3.8, 4) is 0 Å². The highest BCUT2D eigenvalue weighted by molar-refractivity contribution is 8.00. The quantitative estimate of drug-likeness (QED) is 0.784. The van der Waals surface area contributed by atoms with E-state index in [1.165, 1.54) is 12.8 Å². The van der Waals surface area contributed by atoms with E-state index in [2.05, 4.69) is 9.30 Å². The summed E-state index contributed by atoms with van der Waals surface area (Å²) in [6, 6.07) is 6.94. The highest BCUT2D eigenvalue weighted by atomic mass is 35.5. The van der Waals surface area contributed by atoms with Crippen molar-refractivity contribution in [3.05, 3.63) is 40.4 Å². The zero-order chi connectivity index (χ0) is 15.7. The lowest BCUT2D eigenvalue weighted by Gasteiger charge is -2.22. The van der Waals surface area contributed by atoms with E-state index >= 15 is 0 Å². The molecule has 1 fully saturated rings. The monoisotopic (exact) mass is 338 g/mol. The Labute approximate surface area is 136 Å². The lowest BCUT2D eigenvalue weighted by molar-refractivity contribution is 0.436. The highest BCUT2D eigenvalue weighted by Crippen LogP contribution is 2.34. The van der Waals surface area contributed by atoms with Gasteiger partial charge in [0.1, 0.15) is 10.7 Å². The average Bonchev–Trinajstić information content (AvgIpc) is 2.64. The minimum Gasteiger partial charge on any atom is -0.356 e. The third-order valence-electron chi connectivity index (χ3n) is 4.13. The first kappa shape index (κ1) is 15.6. The van der Waals surface area contributed by atoms with Crippen molar-refractivity contribution in [2.24, 2.45) is 4.40 Å². The van der Waals surface area contributed by atoms with Crippen molar-refractivity contribution in [2.45, 2.75) is 32.6 Å². The fraction of sp³-hybridized carbons (Fsp3) is 0.438. The highest BCUT2D eigenvalue weighted by Gasteiger charge is 2.33. The Kier molecular flexibility index (Phi) is 4.28. The van der Waals surface area contributed by atoms with Crippen molar-refractivity contribution < 1.29 is 8.42 Å². The van der Waals surface area contributed by atoms with Crippen LogP contribution in [0.5, 0.6) is 0 Å². The molecule has 0 aliphatic carbocycles. The van der Waals surface area contributed by atoms with Gasteiger partial charge in [-0.25, -0.2) is 0 Å². The molecular formula is C16H19ClN2O2S. The van der Waals surface area contributed by atoms with Crippen molar-refractivity contribution in [1.82, 2.24) is 4.90 Å². The van der Waals surface area contributed by atoms with Gasteiger partial charge < -0.3 is 4.90 Å². The van der Waals surface area contributed by atoms with Gasteiger partial charge in [-0.05, 0) is 37.5 Å². The van der Waals surface area contributed by atoms with E-state index in [0.29, 0.717) is 16.4 Å². The number of likely N-dealkylation sites (tertiary alicyclic amines) is 1. The third kappa shape index (κ3) is 2.92. The van der Waals surface area contributed by atoms with Gasteiger partial charge in [-0.3, -0.25) is 0 Å². The van der Waals surface area contributed by atoms with Crippen LogP contribution in [0.15, 0.2) is 34.2 Å². The first-order valence-electron chi connectivity index (χ1n) is 7.56. The van der Waals surface area contributed by atoms with Gasteiger partial charge >= 0.3 is 0 Å². The first-order chi connectivity index (χ1) is 10.5. The number of benzene rings is 1. The maximum Gasteiger partial charge on any atom is 0.285 e. The van der Waals surface area contributed by atoms with Crippen molar-refractivity contribution in [1.29, 1.82) is 0 Å². The van der Waals surface area contributed by atoms with Crippen LogP contribution in [0.4, 0.5) is 0 Å². The third-order valence-corrected chi connectivity index (χ3v) is 5.84. The summed E-state index contributed by atoms with van der Waals surface area (Å²) in [6.45, 7) is 3.58. The molecule has 22 heavy (non-hydrogen) atoms. The minimum atomic E-state index is -3.65. The number of sulfonamides is 1. The second-order valence-electron chi connectivity index (χ2n) is 5.76. The zero-order valence-corrected chi connectivity index (χ0v) is 14.1. The number of hydrogen-bond acceptors (Lipinski definition) is 3. The van der Waals surface area contributed by atoms with Gasteiger partial charge in [0.2, 0.25) is 0 Å². The smallest absolute Gasteiger partial charge is 0.285 e. The molecule has 2 aliphatic heterocycles. The van der Waals surface area contributed by atoms with Crippen LogP contribution in [0.3, 0.4) is 0 Å². The van der Waals surface area contributed by atoms with Gasteiger partial charge in [0.15, 0.2) is 0 Å². The van der Waals surface area contributed by atoms with Gasteiger partial charge in [0, 0.05) is 23.7 Å². The molecule has 1 saturated heterocycles. The molecule has 3 rings (SSSR count). The number of rotatable bonds is 1. The van der Waals surface area contributed by atoms with Crippen molar-refractivity contribution in [3.63, 3.8) is 0 Å². The van der Waals surface area contributed by atoms with Gasteiger partial charge in [0.05, 0.1) is 0 Å². The van der Waals surface area contributed by atoms with Crippen LogP contribution < -0.4 is 0 Å². The number of nitrogens with zero attached hydrogens (tertiary/aromatic N) is 2. The van der Waals surface area contributed by atoms with Crippen LogP contribution in [0.1, 0.15) is 38.2 Å². The van der Waals surface area contributed by atoms with E-state index in [1.54, 1.807) is 24.3 Å². The second kappa shape index (κ2) is 6.05. The lowest BCUT2D eigenvalue weighted by atomic mass is 10.1. The Hall–Kier alpha value is -1.33. The molecule has 118 valence electrons. The van der Waals surface area contributed by atoms with E-state index in [9.17, 15) is 8.42 Å². The molecule has 0 aromatic heterocycles. The van der Waals surface area contributed by atoms with Gasteiger partial charge in [0.25, 0.3) is 10.0 Å². The molecule has 6 heteroatoms. The van der Waals surface area contributed by atoms with Crippen molar-refractivity contribution >= 4 is 32.4 Å². The molecule has 2 aliphatic rings. The fourth-order valence-electron chi connectivity index (χ4n) is 3.10. The van der Waals surface area contributed by atoms with Crippen LogP contribution in [-0.2, 0) is 10.0 Å². The van der Waals surface area contributed by atoms with Crippen LogP contribution in [-0.4, -0.2) is 32.2 Å². The van der Waals surface area contributed by atoms with Gasteiger partial charge in [-0.2, -0.15) is 8.42 Å². The molecule has 0 saturated carbocycles. The molecule has 0 unspecified atom stereocenters. The number of amidine groups is 1. The lowest BCUT2D eigenvalue weighted by Crippen LogP contribution is -2.31. The molecule has 0 N–H and O–H groups in total. The minimum absolute atomic E-state index is 0.286. The molecule has 0 bridgehead atoms. The molecule has 0 amide bonds.